The van der Waals surface area contributed by atoms with Crippen LogP contribution in [0.5, 0.6) is 0 Å². The first-order chi connectivity index (χ1) is 12.6. The van der Waals surface area contributed by atoms with E-state index in [-0.39, 0.29) is 10.7 Å². The highest BCUT2D eigenvalue weighted by Crippen LogP contribution is 2.24. The normalized spacial score (nSPS) is 10.7. The smallest absolute Gasteiger partial charge is 0.258 e. The van der Waals surface area contributed by atoms with Gasteiger partial charge in [-0.1, -0.05) is 78.3 Å². The van der Waals surface area contributed by atoms with Crippen molar-refractivity contribution in [3.63, 3.8) is 0 Å². The van der Waals surface area contributed by atoms with E-state index in [1.165, 1.54) is 18.3 Å². The van der Waals surface area contributed by atoms with E-state index >= 15 is 0 Å². The zero-order valence-corrected chi connectivity index (χ0v) is 14.4. The largest absolute Gasteiger partial charge is 0.288 e. The van der Waals surface area contributed by atoms with E-state index in [1.54, 1.807) is 6.07 Å². The van der Waals surface area contributed by atoms with Crippen LogP contribution in [-0.4, -0.2) is 16.8 Å². The van der Waals surface area contributed by atoms with Gasteiger partial charge in [0.05, 0.1) is 11.1 Å². The SMILES string of the molecule is O=[N+]([O-])c1cc(/C=N/N=C(c2ccccc2)c2ccccc2)ccc1Cl. The molecular weight excluding hydrogens is 350 g/mol. The second-order valence-corrected chi connectivity index (χ2v) is 5.80. The van der Waals surface area contributed by atoms with Gasteiger partial charge >= 0.3 is 0 Å². The Morgan fingerprint density at radius 3 is 2.04 bits per heavy atom. The number of nitro groups is 1. The minimum Gasteiger partial charge on any atom is -0.258 e. The maximum Gasteiger partial charge on any atom is 0.288 e. The lowest BCUT2D eigenvalue weighted by Gasteiger charge is -2.05. The molecule has 3 aromatic rings. The van der Waals surface area contributed by atoms with E-state index < -0.39 is 4.92 Å². The van der Waals surface area contributed by atoms with Crippen LogP contribution >= 0.6 is 11.6 Å². The van der Waals surface area contributed by atoms with Gasteiger partial charge in [0.25, 0.3) is 5.69 Å². The first kappa shape index (κ1) is 17.5. The van der Waals surface area contributed by atoms with Crippen molar-refractivity contribution in [2.45, 2.75) is 0 Å². The average molecular weight is 364 g/mol. The summed E-state index contributed by atoms with van der Waals surface area (Å²) in [5.74, 6) is 0. The van der Waals surface area contributed by atoms with Gasteiger partial charge in [0.1, 0.15) is 10.7 Å². The molecule has 0 aliphatic rings. The van der Waals surface area contributed by atoms with Gasteiger partial charge in [-0.15, -0.1) is 5.10 Å². The number of nitro benzene ring substituents is 1. The second-order valence-electron chi connectivity index (χ2n) is 5.39. The van der Waals surface area contributed by atoms with Gasteiger partial charge in [0, 0.05) is 22.8 Å². The van der Waals surface area contributed by atoms with Gasteiger partial charge in [0.15, 0.2) is 0 Å². The van der Waals surface area contributed by atoms with Gasteiger partial charge in [-0.3, -0.25) is 10.1 Å². The predicted molar refractivity (Wildman–Crippen MR) is 104 cm³/mol. The Hall–Kier alpha value is -3.31. The Kier molecular flexibility index (Phi) is 5.51. The van der Waals surface area contributed by atoms with Crippen molar-refractivity contribution in [1.82, 2.24) is 0 Å². The number of hydrogen-bond acceptors (Lipinski definition) is 4. The van der Waals surface area contributed by atoms with Crippen LogP contribution in [0.4, 0.5) is 5.69 Å². The molecule has 0 unspecified atom stereocenters. The summed E-state index contributed by atoms with van der Waals surface area (Å²) in [7, 11) is 0. The zero-order chi connectivity index (χ0) is 18.4. The van der Waals surface area contributed by atoms with E-state index in [0.29, 0.717) is 11.3 Å². The van der Waals surface area contributed by atoms with E-state index in [4.69, 9.17) is 11.6 Å². The van der Waals surface area contributed by atoms with Crippen molar-refractivity contribution >= 4 is 29.2 Å². The summed E-state index contributed by atoms with van der Waals surface area (Å²) in [6.45, 7) is 0. The van der Waals surface area contributed by atoms with Crippen LogP contribution < -0.4 is 0 Å². The second kappa shape index (κ2) is 8.18. The number of benzene rings is 3. The fraction of sp³-hybridized carbons (Fsp3) is 0. The van der Waals surface area contributed by atoms with Gasteiger partial charge < -0.3 is 0 Å². The summed E-state index contributed by atoms with van der Waals surface area (Å²) in [4.78, 5) is 10.4. The first-order valence-corrected chi connectivity index (χ1v) is 8.19. The summed E-state index contributed by atoms with van der Waals surface area (Å²) in [6, 6.07) is 23.9. The van der Waals surface area contributed by atoms with Crippen LogP contribution in [-0.2, 0) is 0 Å². The molecule has 0 heterocycles. The Labute approximate surface area is 155 Å². The molecule has 0 bridgehead atoms. The number of hydrogen-bond donors (Lipinski definition) is 0. The Morgan fingerprint density at radius 2 is 1.50 bits per heavy atom. The molecule has 0 fully saturated rings. The maximum atomic E-state index is 11.0. The molecule has 0 aliphatic heterocycles. The Morgan fingerprint density at radius 1 is 0.923 bits per heavy atom. The van der Waals surface area contributed by atoms with Gasteiger partial charge in [-0.2, -0.15) is 5.10 Å². The molecule has 128 valence electrons. The van der Waals surface area contributed by atoms with Crippen molar-refractivity contribution in [1.29, 1.82) is 0 Å². The quantitative estimate of drug-likeness (QED) is 0.358. The van der Waals surface area contributed by atoms with Crippen LogP contribution in [0.2, 0.25) is 5.02 Å². The van der Waals surface area contributed by atoms with Crippen LogP contribution in [0.1, 0.15) is 16.7 Å². The molecule has 26 heavy (non-hydrogen) atoms. The molecule has 0 spiro atoms. The van der Waals surface area contributed by atoms with Crippen molar-refractivity contribution < 1.29 is 4.92 Å². The lowest BCUT2D eigenvalue weighted by atomic mass is 10.0. The highest BCUT2D eigenvalue weighted by Gasteiger charge is 2.12. The highest BCUT2D eigenvalue weighted by molar-refractivity contribution is 6.32. The fourth-order valence-electron chi connectivity index (χ4n) is 2.38. The molecule has 0 amide bonds. The summed E-state index contributed by atoms with van der Waals surface area (Å²) < 4.78 is 0. The van der Waals surface area contributed by atoms with Crippen LogP contribution in [0.3, 0.4) is 0 Å². The van der Waals surface area contributed by atoms with E-state index in [0.717, 1.165) is 11.1 Å². The van der Waals surface area contributed by atoms with Crippen molar-refractivity contribution in [2.24, 2.45) is 10.2 Å². The third kappa shape index (κ3) is 4.20. The van der Waals surface area contributed by atoms with Crippen LogP contribution in [0.25, 0.3) is 0 Å². The lowest BCUT2D eigenvalue weighted by molar-refractivity contribution is -0.384. The average Bonchev–Trinajstić information content (AvgIpc) is 2.67. The number of halogens is 1. The molecule has 0 radical (unpaired) electrons. The zero-order valence-electron chi connectivity index (χ0n) is 13.6. The topological polar surface area (TPSA) is 67.9 Å². The van der Waals surface area contributed by atoms with Crippen molar-refractivity contribution in [2.75, 3.05) is 0 Å². The molecule has 0 saturated heterocycles. The third-order valence-corrected chi connectivity index (χ3v) is 3.95. The molecule has 3 aromatic carbocycles. The van der Waals surface area contributed by atoms with E-state index in [9.17, 15) is 10.1 Å². The molecule has 0 aromatic heterocycles. The summed E-state index contributed by atoms with van der Waals surface area (Å²) in [5.41, 5.74) is 2.96. The molecule has 0 saturated carbocycles. The molecule has 0 aliphatic carbocycles. The highest BCUT2D eigenvalue weighted by atomic mass is 35.5. The molecule has 3 rings (SSSR count). The minimum absolute atomic E-state index is 0.0879. The van der Waals surface area contributed by atoms with E-state index in [1.807, 2.05) is 60.7 Å². The third-order valence-electron chi connectivity index (χ3n) is 3.63. The van der Waals surface area contributed by atoms with Gasteiger partial charge in [-0.25, -0.2) is 0 Å². The summed E-state index contributed by atoms with van der Waals surface area (Å²) in [5, 5.41) is 19.5. The minimum atomic E-state index is -0.525. The number of rotatable bonds is 5. The molecule has 5 nitrogen and oxygen atoms in total. The van der Waals surface area contributed by atoms with Crippen LogP contribution in [0, 0.1) is 10.1 Å². The number of nitrogens with zero attached hydrogens (tertiary/aromatic N) is 3. The lowest BCUT2D eigenvalue weighted by Crippen LogP contribution is -2.02. The van der Waals surface area contributed by atoms with Gasteiger partial charge in [0.2, 0.25) is 0 Å². The first-order valence-electron chi connectivity index (χ1n) is 7.81. The Bertz CT molecular complexity index is 929. The fourth-order valence-corrected chi connectivity index (χ4v) is 2.56. The van der Waals surface area contributed by atoms with Crippen molar-refractivity contribution in [3.05, 3.63) is 111 Å². The summed E-state index contributed by atoms with van der Waals surface area (Å²) in [6.07, 6.45) is 1.47. The molecule has 0 atom stereocenters. The molecule has 6 heteroatoms. The summed E-state index contributed by atoms with van der Waals surface area (Å²) >= 11 is 5.82. The Balaban J connectivity index is 1.96. The molecular formula is C20H14ClN3O2. The van der Waals surface area contributed by atoms with Crippen LogP contribution in [0.15, 0.2) is 89.1 Å². The van der Waals surface area contributed by atoms with E-state index in [2.05, 4.69) is 10.2 Å². The predicted octanol–water partition coefficient (Wildman–Crippen LogP) is 5.12. The molecule has 0 N–H and O–H groups in total. The monoisotopic (exact) mass is 363 g/mol. The standard InChI is InChI=1S/C20H14ClN3O2/c21-18-12-11-15(13-19(18)24(25)26)14-22-23-20(16-7-3-1-4-8-16)17-9-5-2-6-10-17/h1-14H/b22-14+. The maximum absolute atomic E-state index is 11.0. The van der Waals surface area contributed by atoms with Gasteiger partial charge in [-0.05, 0) is 6.07 Å². The van der Waals surface area contributed by atoms with Crippen molar-refractivity contribution in [3.8, 4) is 0 Å².